The molecule has 2 aromatic carbocycles. The van der Waals surface area contributed by atoms with Crippen molar-refractivity contribution in [3.63, 3.8) is 0 Å². The highest BCUT2D eigenvalue weighted by Gasteiger charge is 2.50. The van der Waals surface area contributed by atoms with Gasteiger partial charge in [0, 0.05) is 18.5 Å². The number of aryl methyl sites for hydroxylation is 2. The summed E-state index contributed by atoms with van der Waals surface area (Å²) in [5.41, 5.74) is 1.05. The van der Waals surface area contributed by atoms with Crippen LogP contribution in [-0.4, -0.2) is 58.6 Å². The van der Waals surface area contributed by atoms with Gasteiger partial charge in [0.15, 0.2) is 5.60 Å². The van der Waals surface area contributed by atoms with Gasteiger partial charge in [-0.05, 0) is 50.3 Å². The van der Waals surface area contributed by atoms with Gasteiger partial charge in [0.25, 0.3) is 10.2 Å². The van der Waals surface area contributed by atoms with Crippen molar-refractivity contribution in [2.45, 2.75) is 50.9 Å². The number of methoxy groups -OCH3 is 1. The molecule has 0 amide bonds. The van der Waals surface area contributed by atoms with Crippen LogP contribution in [0.15, 0.2) is 66.7 Å². The fourth-order valence-electron chi connectivity index (χ4n) is 4.49. The number of aromatic nitrogens is 2. The second-order valence-electron chi connectivity index (χ2n) is 9.24. The molecule has 14 heteroatoms. The first-order chi connectivity index (χ1) is 20.1. The molecule has 0 radical (unpaired) electrons. The summed E-state index contributed by atoms with van der Waals surface area (Å²) in [6, 6.07) is 19.9. The molecule has 224 valence electrons. The Hall–Kier alpha value is -4.85. The minimum Gasteiger partial charge on any atom is -0.463 e. The van der Waals surface area contributed by atoms with Crippen molar-refractivity contribution in [1.29, 1.82) is 0 Å². The Morgan fingerprint density at radius 1 is 0.905 bits per heavy atom. The molecule has 1 unspecified atom stereocenters. The lowest BCUT2D eigenvalue weighted by Crippen LogP contribution is -2.51. The Balaban J connectivity index is 1.86. The lowest BCUT2D eigenvalue weighted by Gasteiger charge is -2.38. The molecule has 1 aromatic heterocycles. The van der Waals surface area contributed by atoms with Crippen LogP contribution in [0.4, 0.5) is 0 Å². The van der Waals surface area contributed by atoms with E-state index in [-0.39, 0.29) is 31.9 Å². The quantitative estimate of drug-likeness (QED) is 0.0968. The Labute approximate surface area is 241 Å². The van der Waals surface area contributed by atoms with Crippen molar-refractivity contribution >= 4 is 5.97 Å². The average molecular weight is 585 g/mol. The molecular weight excluding hydrogens is 552 g/mol. The number of carbonyl (C=O) groups is 1. The van der Waals surface area contributed by atoms with E-state index in [2.05, 4.69) is 19.6 Å². The van der Waals surface area contributed by atoms with Crippen LogP contribution in [0.2, 0.25) is 0 Å². The van der Waals surface area contributed by atoms with Crippen LogP contribution >= 0.6 is 0 Å². The van der Waals surface area contributed by atoms with Gasteiger partial charge in [0.1, 0.15) is 12.7 Å². The first kappa shape index (κ1) is 31.7. The van der Waals surface area contributed by atoms with E-state index in [9.17, 15) is 25.0 Å². The third-order valence-electron chi connectivity index (χ3n) is 6.26. The number of nitrogens with zero attached hydrogens (tertiary/aromatic N) is 4. The largest absolute Gasteiger partial charge is 0.463 e. The maximum atomic E-state index is 13.8. The molecule has 0 N–H and O–H groups in total. The van der Waals surface area contributed by atoms with E-state index in [1.807, 2.05) is 60.7 Å². The van der Waals surface area contributed by atoms with Crippen LogP contribution in [0.5, 0.6) is 6.01 Å². The van der Waals surface area contributed by atoms with E-state index in [4.69, 9.17) is 14.2 Å². The van der Waals surface area contributed by atoms with E-state index < -0.39 is 40.6 Å². The van der Waals surface area contributed by atoms with Gasteiger partial charge in [0.05, 0.1) is 6.61 Å². The monoisotopic (exact) mass is 584 g/mol. The summed E-state index contributed by atoms with van der Waals surface area (Å²) >= 11 is 0. The maximum Gasteiger partial charge on any atom is 0.351 e. The second-order valence-corrected chi connectivity index (χ2v) is 9.24. The minimum atomic E-state index is -1.47. The van der Waals surface area contributed by atoms with Gasteiger partial charge in [0.2, 0.25) is 6.10 Å². The number of ether oxygens (including phenoxy) is 3. The van der Waals surface area contributed by atoms with Crippen molar-refractivity contribution in [3.8, 4) is 6.01 Å². The van der Waals surface area contributed by atoms with Gasteiger partial charge in [-0.15, -0.1) is 20.2 Å². The molecule has 0 aliphatic rings. The highest BCUT2D eigenvalue weighted by atomic mass is 17.0. The standard InChI is InChI=1S/C28H32N4O10/c1-20-18-21(2)30-27(29-20)41-25(26(33)39-17-11-10-16-24(42-32(36)37)19-40-31(34)35)28(38-3,22-12-6-4-7-13-22)23-14-8-5-9-15-23/h4-9,12-15,18,24-25H,10-11,16-17,19H2,1-3H3/t24?,25-/m1/s1. The van der Waals surface area contributed by atoms with E-state index >= 15 is 0 Å². The Bertz CT molecular complexity index is 1270. The predicted octanol–water partition coefficient (Wildman–Crippen LogP) is 3.93. The number of hydrogen-bond acceptors (Lipinski definition) is 12. The van der Waals surface area contributed by atoms with Crippen LogP contribution < -0.4 is 4.74 Å². The summed E-state index contributed by atoms with van der Waals surface area (Å²) in [6.45, 7) is 2.86. The topological polar surface area (TPSA) is 175 Å². The highest BCUT2D eigenvalue weighted by molar-refractivity contribution is 5.78. The number of unbranched alkanes of at least 4 members (excludes halogenated alkanes) is 1. The number of benzene rings is 2. The SMILES string of the molecule is COC(c1ccccc1)(c1ccccc1)[C@H](Oc1nc(C)cc(C)n1)C(=O)OCCCCC(CO[N+](=O)[O-])O[N+](=O)[O-]. The Morgan fingerprint density at radius 3 is 1.98 bits per heavy atom. The van der Waals surface area contributed by atoms with E-state index in [0.717, 1.165) is 0 Å². The Morgan fingerprint density at radius 2 is 1.48 bits per heavy atom. The third kappa shape index (κ3) is 8.57. The molecule has 0 bridgehead atoms. The summed E-state index contributed by atoms with van der Waals surface area (Å²) < 4.78 is 18.0. The summed E-state index contributed by atoms with van der Waals surface area (Å²) in [5.74, 6) is -0.762. The molecule has 0 saturated carbocycles. The fourth-order valence-corrected chi connectivity index (χ4v) is 4.49. The van der Waals surface area contributed by atoms with Crippen molar-refractivity contribution in [2.24, 2.45) is 0 Å². The second kappa shape index (κ2) is 15.2. The van der Waals surface area contributed by atoms with Crippen molar-refractivity contribution in [3.05, 3.63) is 109 Å². The van der Waals surface area contributed by atoms with E-state index in [0.29, 0.717) is 22.5 Å². The van der Waals surface area contributed by atoms with Gasteiger partial charge in [-0.2, -0.15) is 0 Å². The van der Waals surface area contributed by atoms with Gasteiger partial charge in [-0.3, -0.25) is 0 Å². The summed E-state index contributed by atoms with van der Waals surface area (Å²) in [5, 5.41) is 19.1. The van der Waals surface area contributed by atoms with Gasteiger partial charge < -0.3 is 23.9 Å². The molecule has 0 aliphatic carbocycles. The van der Waals surface area contributed by atoms with Crippen molar-refractivity contribution < 1.29 is 38.9 Å². The molecule has 3 rings (SSSR count). The molecule has 2 atom stereocenters. The number of esters is 1. The van der Waals surface area contributed by atoms with Crippen LogP contribution in [-0.2, 0) is 29.5 Å². The van der Waals surface area contributed by atoms with Gasteiger partial charge in [-0.1, -0.05) is 60.7 Å². The highest BCUT2D eigenvalue weighted by Crippen LogP contribution is 2.39. The molecule has 0 saturated heterocycles. The van der Waals surface area contributed by atoms with Crippen molar-refractivity contribution in [2.75, 3.05) is 20.3 Å². The third-order valence-corrected chi connectivity index (χ3v) is 6.26. The molecule has 0 spiro atoms. The summed E-state index contributed by atoms with van der Waals surface area (Å²) in [4.78, 5) is 52.3. The zero-order valence-electron chi connectivity index (χ0n) is 23.4. The molecular formula is C28H32N4O10. The predicted molar refractivity (Wildman–Crippen MR) is 146 cm³/mol. The summed E-state index contributed by atoms with van der Waals surface area (Å²) in [6.07, 6.45) is -1.95. The van der Waals surface area contributed by atoms with E-state index in [1.165, 1.54) is 7.11 Å². The molecule has 14 nitrogen and oxygen atoms in total. The first-order valence-corrected chi connectivity index (χ1v) is 13.1. The number of hydrogen-bond donors (Lipinski definition) is 0. The molecule has 0 aliphatic heterocycles. The normalized spacial score (nSPS) is 12.5. The fraction of sp³-hybridized carbons (Fsp3) is 0.393. The lowest BCUT2D eigenvalue weighted by molar-refractivity contribution is -0.790. The van der Waals surface area contributed by atoms with Gasteiger partial charge in [-0.25, -0.2) is 14.8 Å². The zero-order valence-corrected chi connectivity index (χ0v) is 23.4. The molecule has 0 fully saturated rings. The number of rotatable bonds is 17. The van der Waals surface area contributed by atoms with Gasteiger partial charge >= 0.3 is 12.0 Å². The molecule has 42 heavy (non-hydrogen) atoms. The minimum absolute atomic E-state index is 0.0340. The van der Waals surface area contributed by atoms with Crippen molar-refractivity contribution in [1.82, 2.24) is 9.97 Å². The lowest BCUT2D eigenvalue weighted by atomic mass is 9.81. The first-order valence-electron chi connectivity index (χ1n) is 13.1. The molecule has 1 heterocycles. The summed E-state index contributed by atoms with van der Waals surface area (Å²) in [7, 11) is 1.47. The Kier molecular flexibility index (Phi) is 11.5. The zero-order chi connectivity index (χ0) is 30.5. The maximum absolute atomic E-state index is 13.8. The smallest absolute Gasteiger partial charge is 0.351 e. The van der Waals surface area contributed by atoms with Crippen LogP contribution in [0.3, 0.4) is 0 Å². The molecule has 3 aromatic rings. The van der Waals surface area contributed by atoms with Crippen LogP contribution in [0.1, 0.15) is 41.8 Å². The number of carbonyl (C=O) groups excluding carboxylic acids is 1. The van der Waals surface area contributed by atoms with E-state index in [1.54, 1.807) is 19.9 Å². The average Bonchev–Trinajstić information content (AvgIpc) is 2.96. The van der Waals surface area contributed by atoms with Crippen LogP contribution in [0, 0.1) is 34.1 Å². The van der Waals surface area contributed by atoms with Crippen LogP contribution in [0.25, 0.3) is 0 Å².